The molecule has 1 saturated heterocycles. The highest BCUT2D eigenvalue weighted by Gasteiger charge is 2.21. The number of anilines is 1. The third-order valence-electron chi connectivity index (χ3n) is 4.42. The van der Waals surface area contributed by atoms with E-state index < -0.39 is 0 Å². The minimum Gasteiger partial charge on any atom is -0.325 e. The first-order valence-corrected chi connectivity index (χ1v) is 8.09. The molecule has 1 heterocycles. The molecule has 3 rings (SSSR count). The van der Waals surface area contributed by atoms with E-state index in [0.717, 1.165) is 44.1 Å². The van der Waals surface area contributed by atoms with Gasteiger partial charge in [0.05, 0.1) is 0 Å². The average molecular weight is 287 g/mol. The molecule has 0 spiro atoms. The molecular formula is C17H25N3O. The molecule has 2 N–H and O–H groups in total. The van der Waals surface area contributed by atoms with Gasteiger partial charge in [-0.15, -0.1) is 0 Å². The molecule has 0 unspecified atom stereocenters. The van der Waals surface area contributed by atoms with Crippen molar-refractivity contribution >= 4 is 11.7 Å². The topological polar surface area (TPSA) is 44.4 Å². The molecule has 0 bridgehead atoms. The van der Waals surface area contributed by atoms with Gasteiger partial charge in [0.1, 0.15) is 0 Å². The smallest absolute Gasteiger partial charge is 0.321 e. The van der Waals surface area contributed by atoms with E-state index in [1.807, 2.05) is 17.0 Å². The third kappa shape index (κ3) is 4.21. The molecule has 4 nitrogen and oxygen atoms in total. The Labute approximate surface area is 126 Å². The number of benzene rings is 1. The summed E-state index contributed by atoms with van der Waals surface area (Å²) in [6.07, 6.45) is 4.81. The highest BCUT2D eigenvalue weighted by atomic mass is 16.2. The molecule has 1 aliphatic carbocycles. The number of carbonyl (C=O) groups excluding carboxylic acids is 1. The van der Waals surface area contributed by atoms with Gasteiger partial charge in [0.2, 0.25) is 0 Å². The van der Waals surface area contributed by atoms with E-state index >= 15 is 0 Å². The molecule has 1 aromatic rings. The van der Waals surface area contributed by atoms with Crippen molar-refractivity contribution in [2.75, 3.05) is 18.4 Å². The predicted molar refractivity (Wildman–Crippen MR) is 85.3 cm³/mol. The van der Waals surface area contributed by atoms with Crippen molar-refractivity contribution in [2.45, 2.75) is 45.2 Å². The van der Waals surface area contributed by atoms with Crippen LogP contribution in [-0.2, 0) is 6.54 Å². The third-order valence-corrected chi connectivity index (χ3v) is 4.42. The van der Waals surface area contributed by atoms with Crippen LogP contribution in [0, 0.1) is 5.92 Å². The standard InChI is InChI=1S/C17H25N3O/c1-13-7-9-20(10-8-13)17(21)19-16-4-2-3-14(11-16)12-18-15-5-6-15/h2-4,11,13,15,18H,5-10,12H2,1H3,(H,19,21). The summed E-state index contributed by atoms with van der Waals surface area (Å²) in [6, 6.07) is 8.89. The second-order valence-corrected chi connectivity index (χ2v) is 6.46. The molecule has 21 heavy (non-hydrogen) atoms. The molecule has 2 aliphatic rings. The number of nitrogens with one attached hydrogen (secondary N) is 2. The summed E-state index contributed by atoms with van der Waals surface area (Å²) in [4.78, 5) is 14.2. The Bertz CT molecular complexity index is 491. The number of hydrogen-bond acceptors (Lipinski definition) is 2. The van der Waals surface area contributed by atoms with Gasteiger partial charge in [-0.3, -0.25) is 0 Å². The van der Waals surface area contributed by atoms with Crippen LogP contribution in [0.15, 0.2) is 24.3 Å². The van der Waals surface area contributed by atoms with E-state index in [9.17, 15) is 4.79 Å². The van der Waals surface area contributed by atoms with Crippen LogP contribution in [0.1, 0.15) is 38.2 Å². The number of piperidine rings is 1. The fourth-order valence-corrected chi connectivity index (χ4v) is 2.72. The summed E-state index contributed by atoms with van der Waals surface area (Å²) >= 11 is 0. The number of amides is 2. The first kappa shape index (κ1) is 14.4. The molecule has 1 aliphatic heterocycles. The van der Waals surface area contributed by atoms with E-state index in [2.05, 4.69) is 29.7 Å². The van der Waals surface area contributed by atoms with Crippen molar-refractivity contribution in [2.24, 2.45) is 5.92 Å². The lowest BCUT2D eigenvalue weighted by Gasteiger charge is -2.30. The van der Waals surface area contributed by atoms with Crippen LogP contribution >= 0.6 is 0 Å². The lowest BCUT2D eigenvalue weighted by Crippen LogP contribution is -2.40. The highest BCUT2D eigenvalue weighted by molar-refractivity contribution is 5.89. The normalized spacial score (nSPS) is 19.6. The number of likely N-dealkylation sites (tertiary alicyclic amines) is 1. The van der Waals surface area contributed by atoms with Crippen molar-refractivity contribution in [3.8, 4) is 0 Å². The number of urea groups is 1. The number of carbonyl (C=O) groups is 1. The van der Waals surface area contributed by atoms with E-state index in [1.165, 1.54) is 18.4 Å². The molecule has 2 amide bonds. The van der Waals surface area contributed by atoms with Crippen molar-refractivity contribution in [1.82, 2.24) is 10.2 Å². The van der Waals surface area contributed by atoms with Gasteiger partial charge < -0.3 is 15.5 Å². The number of rotatable bonds is 4. The number of nitrogens with zero attached hydrogens (tertiary/aromatic N) is 1. The second-order valence-electron chi connectivity index (χ2n) is 6.46. The van der Waals surface area contributed by atoms with E-state index in [1.54, 1.807) is 0 Å². The maximum Gasteiger partial charge on any atom is 0.321 e. The van der Waals surface area contributed by atoms with Crippen LogP contribution in [0.5, 0.6) is 0 Å². The zero-order valence-corrected chi connectivity index (χ0v) is 12.8. The zero-order chi connectivity index (χ0) is 14.7. The van der Waals surface area contributed by atoms with Gasteiger partial charge in [0.25, 0.3) is 0 Å². The SMILES string of the molecule is CC1CCN(C(=O)Nc2cccc(CNC3CC3)c2)CC1. The van der Waals surface area contributed by atoms with Gasteiger partial charge in [-0.1, -0.05) is 19.1 Å². The fraction of sp³-hybridized carbons (Fsp3) is 0.588. The van der Waals surface area contributed by atoms with Gasteiger partial charge in [-0.2, -0.15) is 0 Å². The Morgan fingerprint density at radius 2 is 2.00 bits per heavy atom. The largest absolute Gasteiger partial charge is 0.325 e. The van der Waals surface area contributed by atoms with Crippen molar-refractivity contribution in [3.63, 3.8) is 0 Å². The van der Waals surface area contributed by atoms with Crippen molar-refractivity contribution in [1.29, 1.82) is 0 Å². The Morgan fingerprint density at radius 3 is 2.71 bits per heavy atom. The van der Waals surface area contributed by atoms with Crippen molar-refractivity contribution < 1.29 is 4.79 Å². The number of hydrogen-bond donors (Lipinski definition) is 2. The summed E-state index contributed by atoms with van der Waals surface area (Å²) in [7, 11) is 0. The average Bonchev–Trinajstić information content (AvgIpc) is 3.30. The molecule has 1 aromatic carbocycles. The fourth-order valence-electron chi connectivity index (χ4n) is 2.72. The summed E-state index contributed by atoms with van der Waals surface area (Å²) in [5.41, 5.74) is 2.13. The summed E-state index contributed by atoms with van der Waals surface area (Å²) in [6.45, 7) is 4.88. The van der Waals surface area contributed by atoms with Gasteiger partial charge in [-0.25, -0.2) is 4.79 Å². The minimum absolute atomic E-state index is 0.0363. The Balaban J connectivity index is 1.53. The molecule has 114 valence electrons. The molecule has 4 heteroatoms. The monoisotopic (exact) mass is 287 g/mol. The van der Waals surface area contributed by atoms with Crippen LogP contribution in [0.2, 0.25) is 0 Å². The van der Waals surface area contributed by atoms with Gasteiger partial charge in [0.15, 0.2) is 0 Å². The van der Waals surface area contributed by atoms with Crippen LogP contribution < -0.4 is 10.6 Å². The second kappa shape index (κ2) is 6.48. The molecular weight excluding hydrogens is 262 g/mol. The summed E-state index contributed by atoms with van der Waals surface area (Å²) in [5, 5.41) is 6.53. The highest BCUT2D eigenvalue weighted by Crippen LogP contribution is 2.20. The van der Waals surface area contributed by atoms with Crippen molar-refractivity contribution in [3.05, 3.63) is 29.8 Å². The first-order chi connectivity index (χ1) is 10.2. The minimum atomic E-state index is 0.0363. The van der Waals surface area contributed by atoms with Gasteiger partial charge in [0, 0.05) is 31.4 Å². The van der Waals surface area contributed by atoms with Crippen LogP contribution in [0.4, 0.5) is 10.5 Å². The van der Waals surface area contributed by atoms with E-state index in [4.69, 9.17) is 0 Å². The summed E-state index contributed by atoms with van der Waals surface area (Å²) < 4.78 is 0. The van der Waals surface area contributed by atoms with Crippen LogP contribution in [-0.4, -0.2) is 30.1 Å². The molecule has 1 saturated carbocycles. The summed E-state index contributed by atoms with van der Waals surface area (Å²) in [5.74, 6) is 0.742. The lowest BCUT2D eigenvalue weighted by molar-refractivity contribution is 0.186. The molecule has 0 radical (unpaired) electrons. The predicted octanol–water partition coefficient (Wildman–Crippen LogP) is 3.20. The Morgan fingerprint density at radius 1 is 1.24 bits per heavy atom. The maximum atomic E-state index is 12.3. The molecule has 0 aromatic heterocycles. The molecule has 2 fully saturated rings. The lowest BCUT2D eigenvalue weighted by atomic mass is 10.00. The Hall–Kier alpha value is -1.55. The van der Waals surface area contributed by atoms with Crippen LogP contribution in [0.3, 0.4) is 0 Å². The van der Waals surface area contributed by atoms with E-state index in [0.29, 0.717) is 6.04 Å². The maximum absolute atomic E-state index is 12.3. The van der Waals surface area contributed by atoms with Crippen LogP contribution in [0.25, 0.3) is 0 Å². The molecule has 0 atom stereocenters. The van der Waals surface area contributed by atoms with Gasteiger partial charge in [-0.05, 0) is 49.3 Å². The van der Waals surface area contributed by atoms with E-state index in [-0.39, 0.29) is 6.03 Å². The Kier molecular flexibility index (Phi) is 4.44. The zero-order valence-electron chi connectivity index (χ0n) is 12.8. The quantitative estimate of drug-likeness (QED) is 0.893. The van der Waals surface area contributed by atoms with Gasteiger partial charge >= 0.3 is 6.03 Å². The first-order valence-electron chi connectivity index (χ1n) is 8.09.